The maximum atomic E-state index is 11.4. The van der Waals surface area contributed by atoms with Crippen LogP contribution in [0.5, 0.6) is 0 Å². The number of carbonyl (C=O) groups is 1. The molecule has 3 saturated heterocycles. The standard InChI is InChI=1S/C13H18N4O3/c1-9(19)11-2-17(15-14-11)12-5-13(6-12)8-20-4-10(3-18)16(13)7-12/h2,10,18H,3-8H2,1H3. The summed E-state index contributed by atoms with van der Waals surface area (Å²) in [5.41, 5.74) is 0.385. The molecule has 1 atom stereocenters. The third-order valence-electron chi connectivity index (χ3n) is 5.06. The Morgan fingerprint density at radius 1 is 1.55 bits per heavy atom. The van der Waals surface area contributed by atoms with Crippen LogP contribution in [0.25, 0.3) is 0 Å². The molecule has 1 aliphatic carbocycles. The molecule has 1 spiro atoms. The van der Waals surface area contributed by atoms with Crippen LogP contribution < -0.4 is 0 Å². The van der Waals surface area contributed by atoms with Crippen molar-refractivity contribution in [2.45, 2.75) is 36.9 Å². The van der Waals surface area contributed by atoms with Gasteiger partial charge < -0.3 is 9.84 Å². The van der Waals surface area contributed by atoms with Crippen LogP contribution in [0.3, 0.4) is 0 Å². The Morgan fingerprint density at radius 2 is 2.35 bits per heavy atom. The Hall–Kier alpha value is -1.31. The lowest BCUT2D eigenvalue weighted by Gasteiger charge is -2.51. The van der Waals surface area contributed by atoms with Gasteiger partial charge in [0.15, 0.2) is 5.78 Å². The summed E-state index contributed by atoms with van der Waals surface area (Å²) in [6, 6.07) is 0.0731. The molecule has 1 aromatic heterocycles. The quantitative estimate of drug-likeness (QED) is 0.745. The second-order valence-electron chi connectivity index (χ2n) is 6.39. The van der Waals surface area contributed by atoms with E-state index >= 15 is 0 Å². The van der Waals surface area contributed by atoms with Crippen LogP contribution in [-0.2, 0) is 10.3 Å². The summed E-state index contributed by atoms with van der Waals surface area (Å²) in [4.78, 5) is 13.7. The number of aliphatic hydroxyl groups is 1. The molecule has 0 aromatic carbocycles. The number of Topliss-reactive ketones (excluding diaryl/α,β-unsaturated/α-hetero) is 1. The molecule has 1 saturated carbocycles. The van der Waals surface area contributed by atoms with Gasteiger partial charge in [-0.2, -0.15) is 0 Å². The summed E-state index contributed by atoms with van der Waals surface area (Å²) in [5.74, 6) is -0.0611. The van der Waals surface area contributed by atoms with Crippen LogP contribution in [0.1, 0.15) is 30.3 Å². The first kappa shape index (κ1) is 12.4. The number of ether oxygens (including phenoxy) is 1. The Balaban J connectivity index is 1.64. The molecule has 5 rings (SSSR count). The zero-order chi connectivity index (χ0) is 14.0. The highest BCUT2D eigenvalue weighted by Crippen LogP contribution is 2.59. The van der Waals surface area contributed by atoms with E-state index in [1.165, 1.54) is 6.92 Å². The molecule has 7 nitrogen and oxygen atoms in total. The number of nitrogens with zero attached hydrogens (tertiary/aromatic N) is 4. The molecule has 2 bridgehead atoms. The van der Waals surface area contributed by atoms with E-state index in [0.717, 1.165) is 26.0 Å². The van der Waals surface area contributed by atoms with Gasteiger partial charge in [-0.1, -0.05) is 5.21 Å². The molecular formula is C13H18N4O3. The summed E-state index contributed by atoms with van der Waals surface area (Å²) in [6.07, 6.45) is 3.66. The summed E-state index contributed by atoms with van der Waals surface area (Å²) >= 11 is 0. The van der Waals surface area contributed by atoms with E-state index in [1.807, 2.05) is 4.68 Å². The predicted molar refractivity (Wildman–Crippen MR) is 68.4 cm³/mol. The molecule has 1 aromatic rings. The summed E-state index contributed by atoms with van der Waals surface area (Å²) < 4.78 is 7.50. The summed E-state index contributed by atoms with van der Waals surface area (Å²) in [6.45, 7) is 3.78. The third kappa shape index (κ3) is 1.43. The normalized spacial score (nSPS) is 39.4. The molecule has 4 aliphatic rings. The van der Waals surface area contributed by atoms with Gasteiger partial charge in [0.05, 0.1) is 37.6 Å². The molecule has 1 unspecified atom stereocenters. The minimum absolute atomic E-state index is 0.0496. The minimum Gasteiger partial charge on any atom is -0.395 e. The average molecular weight is 278 g/mol. The zero-order valence-electron chi connectivity index (χ0n) is 11.4. The molecule has 4 heterocycles. The fourth-order valence-electron chi connectivity index (χ4n) is 4.19. The van der Waals surface area contributed by atoms with Crippen molar-refractivity contribution in [3.63, 3.8) is 0 Å². The van der Waals surface area contributed by atoms with Crippen LogP contribution in [-0.4, -0.2) is 68.7 Å². The van der Waals surface area contributed by atoms with E-state index in [9.17, 15) is 9.90 Å². The largest absolute Gasteiger partial charge is 0.395 e. The first-order chi connectivity index (χ1) is 9.58. The third-order valence-corrected chi connectivity index (χ3v) is 5.06. The van der Waals surface area contributed by atoms with Gasteiger partial charge in [0.2, 0.25) is 0 Å². The van der Waals surface area contributed by atoms with E-state index in [4.69, 9.17) is 4.74 Å². The van der Waals surface area contributed by atoms with Crippen molar-refractivity contribution in [2.24, 2.45) is 0 Å². The van der Waals surface area contributed by atoms with E-state index in [2.05, 4.69) is 15.2 Å². The van der Waals surface area contributed by atoms with Gasteiger partial charge in [0.25, 0.3) is 0 Å². The van der Waals surface area contributed by atoms with Crippen molar-refractivity contribution in [3.8, 4) is 0 Å². The summed E-state index contributed by atoms with van der Waals surface area (Å²) in [7, 11) is 0. The predicted octanol–water partition coefficient (Wildman–Crippen LogP) is -0.585. The number of aliphatic hydroxyl groups excluding tert-OH is 1. The van der Waals surface area contributed by atoms with Gasteiger partial charge in [-0.3, -0.25) is 9.69 Å². The summed E-state index contributed by atoms with van der Waals surface area (Å²) in [5, 5.41) is 17.6. The van der Waals surface area contributed by atoms with E-state index in [-0.39, 0.29) is 29.5 Å². The second kappa shape index (κ2) is 3.87. The first-order valence-electron chi connectivity index (χ1n) is 6.98. The number of morpholine rings is 1. The Morgan fingerprint density at radius 3 is 3.00 bits per heavy atom. The lowest BCUT2D eigenvalue weighted by molar-refractivity contribution is -0.110. The van der Waals surface area contributed by atoms with E-state index in [0.29, 0.717) is 12.3 Å². The van der Waals surface area contributed by atoms with Crippen LogP contribution >= 0.6 is 0 Å². The van der Waals surface area contributed by atoms with Gasteiger partial charge in [0.1, 0.15) is 5.69 Å². The zero-order valence-corrected chi connectivity index (χ0v) is 11.4. The van der Waals surface area contributed by atoms with Gasteiger partial charge in [-0.05, 0) is 12.8 Å². The Bertz CT molecular complexity index is 564. The molecule has 1 N–H and O–H groups in total. The van der Waals surface area contributed by atoms with E-state index < -0.39 is 0 Å². The topological polar surface area (TPSA) is 80.5 Å². The van der Waals surface area contributed by atoms with Crippen LogP contribution in [0.4, 0.5) is 0 Å². The fourth-order valence-corrected chi connectivity index (χ4v) is 4.19. The number of rotatable bonds is 3. The van der Waals surface area contributed by atoms with Crippen molar-refractivity contribution in [2.75, 3.05) is 26.4 Å². The number of aromatic nitrogens is 3. The molecule has 108 valence electrons. The van der Waals surface area contributed by atoms with E-state index in [1.54, 1.807) is 6.20 Å². The molecular weight excluding hydrogens is 260 g/mol. The fraction of sp³-hybridized carbons (Fsp3) is 0.769. The lowest BCUT2D eigenvalue weighted by atomic mass is 9.67. The highest BCUT2D eigenvalue weighted by atomic mass is 16.5. The van der Waals surface area contributed by atoms with Crippen LogP contribution in [0, 0.1) is 0 Å². The lowest BCUT2D eigenvalue weighted by Crippen LogP contribution is -2.62. The van der Waals surface area contributed by atoms with Gasteiger partial charge >= 0.3 is 0 Å². The molecule has 0 radical (unpaired) electrons. The van der Waals surface area contributed by atoms with Crippen LogP contribution in [0.2, 0.25) is 0 Å². The number of carbonyl (C=O) groups excluding carboxylic acids is 1. The van der Waals surface area contributed by atoms with Gasteiger partial charge in [-0.25, -0.2) is 4.68 Å². The van der Waals surface area contributed by atoms with Crippen molar-refractivity contribution in [3.05, 3.63) is 11.9 Å². The maximum absolute atomic E-state index is 11.4. The molecule has 4 fully saturated rings. The Kier molecular flexibility index (Phi) is 2.40. The molecule has 7 heteroatoms. The van der Waals surface area contributed by atoms with Crippen molar-refractivity contribution in [1.82, 2.24) is 19.9 Å². The molecule has 20 heavy (non-hydrogen) atoms. The number of hydrogen-bond donors (Lipinski definition) is 1. The monoisotopic (exact) mass is 278 g/mol. The smallest absolute Gasteiger partial charge is 0.181 e. The van der Waals surface area contributed by atoms with Crippen molar-refractivity contribution in [1.29, 1.82) is 0 Å². The molecule has 0 amide bonds. The number of hydrogen-bond acceptors (Lipinski definition) is 6. The minimum atomic E-state index is -0.0815. The SMILES string of the molecule is CC(=O)c1cn(C23CN4C(CO)COCC4(C2)C3)nn1. The van der Waals surface area contributed by atoms with Gasteiger partial charge in [0, 0.05) is 19.0 Å². The second-order valence-corrected chi connectivity index (χ2v) is 6.39. The highest BCUT2D eigenvalue weighted by molar-refractivity contribution is 5.91. The molecule has 3 aliphatic heterocycles. The highest BCUT2D eigenvalue weighted by Gasteiger charge is 2.69. The maximum Gasteiger partial charge on any atom is 0.181 e. The van der Waals surface area contributed by atoms with Crippen LogP contribution in [0.15, 0.2) is 6.20 Å². The van der Waals surface area contributed by atoms with Crippen molar-refractivity contribution >= 4 is 5.78 Å². The Labute approximate surface area is 116 Å². The average Bonchev–Trinajstić information content (AvgIpc) is 3.07. The van der Waals surface area contributed by atoms with Crippen molar-refractivity contribution < 1.29 is 14.6 Å². The first-order valence-corrected chi connectivity index (χ1v) is 6.98. The van der Waals surface area contributed by atoms with Gasteiger partial charge in [-0.15, -0.1) is 5.10 Å². The number of ketones is 1.